The third kappa shape index (κ3) is 4.60. The minimum atomic E-state index is -0.656. The van der Waals surface area contributed by atoms with Crippen molar-refractivity contribution in [3.63, 3.8) is 0 Å². The molecule has 1 aromatic carbocycles. The number of piperazine rings is 1. The van der Waals surface area contributed by atoms with E-state index in [0.717, 1.165) is 39.2 Å². The summed E-state index contributed by atoms with van der Waals surface area (Å²) in [7, 11) is 1.88. The smallest absolute Gasteiger partial charge is 0.244 e. The van der Waals surface area contributed by atoms with Crippen molar-refractivity contribution in [1.82, 2.24) is 29.3 Å². The quantitative estimate of drug-likeness (QED) is 0.380. The van der Waals surface area contributed by atoms with E-state index in [4.69, 9.17) is 10.7 Å². The lowest BCUT2D eigenvalue weighted by Crippen LogP contribution is -2.51. The van der Waals surface area contributed by atoms with Crippen LogP contribution in [0.15, 0.2) is 79.5 Å². The Morgan fingerprint density at radius 2 is 1.74 bits per heavy atom. The number of anilines is 1. The first-order valence-electron chi connectivity index (χ1n) is 12.7. The maximum Gasteiger partial charge on any atom is 0.244 e. The SMILES string of the molecule is Cn1cc(-c2cc(-c3ccc(N4CCN(C(=O)C(N)c5ccccc5)CC4)nc3)c3c(C#N)cnn3c2)cn1. The van der Waals surface area contributed by atoms with Gasteiger partial charge < -0.3 is 15.5 Å². The number of rotatable bonds is 5. The van der Waals surface area contributed by atoms with E-state index in [-0.39, 0.29) is 5.91 Å². The Kier molecular flexibility index (Phi) is 6.26. The van der Waals surface area contributed by atoms with E-state index < -0.39 is 6.04 Å². The van der Waals surface area contributed by atoms with Gasteiger partial charge in [0, 0.05) is 74.1 Å². The van der Waals surface area contributed by atoms with E-state index in [1.807, 2.05) is 79.1 Å². The van der Waals surface area contributed by atoms with Crippen LogP contribution in [0.5, 0.6) is 0 Å². The van der Waals surface area contributed by atoms with E-state index in [1.165, 1.54) is 0 Å². The van der Waals surface area contributed by atoms with Gasteiger partial charge in [-0.05, 0) is 23.8 Å². The molecule has 0 saturated carbocycles. The molecule has 6 rings (SSSR count). The van der Waals surface area contributed by atoms with Gasteiger partial charge in [0.1, 0.15) is 17.9 Å². The molecule has 1 saturated heterocycles. The Morgan fingerprint density at radius 3 is 2.41 bits per heavy atom. The monoisotopic (exact) mass is 517 g/mol. The zero-order valence-corrected chi connectivity index (χ0v) is 21.5. The highest BCUT2D eigenvalue weighted by Crippen LogP contribution is 2.32. The Morgan fingerprint density at radius 1 is 0.949 bits per heavy atom. The predicted octanol–water partition coefficient (Wildman–Crippen LogP) is 3.02. The number of pyridine rings is 2. The number of carbonyl (C=O) groups is 1. The average Bonchev–Trinajstić information content (AvgIpc) is 3.62. The Balaban J connectivity index is 1.22. The summed E-state index contributed by atoms with van der Waals surface area (Å²) < 4.78 is 3.49. The molecule has 1 amide bonds. The molecule has 1 fully saturated rings. The fraction of sp³-hybridized carbons (Fsp3) is 0.207. The van der Waals surface area contributed by atoms with Crippen LogP contribution in [0, 0.1) is 11.3 Å². The molecule has 1 atom stereocenters. The lowest BCUT2D eigenvalue weighted by atomic mass is 10.0. The van der Waals surface area contributed by atoms with Gasteiger partial charge in [-0.2, -0.15) is 15.5 Å². The lowest BCUT2D eigenvalue weighted by Gasteiger charge is -2.36. The van der Waals surface area contributed by atoms with Gasteiger partial charge in [-0.25, -0.2) is 9.50 Å². The molecule has 0 spiro atoms. The summed E-state index contributed by atoms with van der Waals surface area (Å²) in [5.41, 5.74) is 12.0. The Bertz CT molecular complexity index is 1670. The van der Waals surface area contributed by atoms with Crippen LogP contribution in [0.2, 0.25) is 0 Å². The number of fused-ring (bicyclic) bond motifs is 1. The molecule has 5 aromatic rings. The highest BCUT2D eigenvalue weighted by Gasteiger charge is 2.26. The van der Waals surface area contributed by atoms with Gasteiger partial charge in [0.25, 0.3) is 0 Å². The number of hydrogen-bond donors (Lipinski definition) is 1. The van der Waals surface area contributed by atoms with Crippen LogP contribution in [-0.4, -0.2) is 61.4 Å². The second-order valence-corrected chi connectivity index (χ2v) is 9.61. The fourth-order valence-corrected chi connectivity index (χ4v) is 5.04. The third-order valence-electron chi connectivity index (χ3n) is 7.17. The summed E-state index contributed by atoms with van der Waals surface area (Å²) >= 11 is 0. The highest BCUT2D eigenvalue weighted by atomic mass is 16.2. The molecule has 5 heterocycles. The van der Waals surface area contributed by atoms with Gasteiger partial charge in [-0.3, -0.25) is 9.48 Å². The van der Waals surface area contributed by atoms with Crippen molar-refractivity contribution in [3.05, 3.63) is 90.6 Å². The van der Waals surface area contributed by atoms with Gasteiger partial charge in [-0.15, -0.1) is 0 Å². The maximum absolute atomic E-state index is 12.9. The molecule has 4 aromatic heterocycles. The molecular weight excluding hydrogens is 490 g/mol. The molecule has 1 aliphatic heterocycles. The van der Waals surface area contributed by atoms with Crippen molar-refractivity contribution in [3.8, 4) is 28.3 Å². The largest absolute Gasteiger partial charge is 0.353 e. The number of nitrogens with two attached hydrogens (primary N) is 1. The van der Waals surface area contributed by atoms with Crippen LogP contribution < -0.4 is 10.6 Å². The summed E-state index contributed by atoms with van der Waals surface area (Å²) in [5, 5.41) is 18.4. The molecule has 2 N–H and O–H groups in total. The van der Waals surface area contributed by atoms with Crippen LogP contribution in [0.3, 0.4) is 0 Å². The first-order valence-corrected chi connectivity index (χ1v) is 12.7. The second-order valence-electron chi connectivity index (χ2n) is 9.61. The van der Waals surface area contributed by atoms with Crippen molar-refractivity contribution in [2.45, 2.75) is 6.04 Å². The second kappa shape index (κ2) is 10.0. The van der Waals surface area contributed by atoms with Crippen LogP contribution in [0.1, 0.15) is 17.2 Å². The summed E-state index contributed by atoms with van der Waals surface area (Å²) in [6, 6.07) is 17.1. The Hall–Kier alpha value is -5.01. The number of carbonyl (C=O) groups excluding carboxylic acids is 1. The molecule has 10 heteroatoms. The molecule has 0 radical (unpaired) electrons. The molecule has 1 unspecified atom stereocenters. The Labute approximate surface area is 225 Å². The molecule has 194 valence electrons. The highest BCUT2D eigenvalue weighted by molar-refractivity contribution is 5.87. The third-order valence-corrected chi connectivity index (χ3v) is 7.17. The number of aromatic nitrogens is 5. The fourth-order valence-electron chi connectivity index (χ4n) is 5.04. The standard InChI is InChI=1S/C29H27N9O/c1-35-18-24(17-33-35)22-13-25(28-23(14-30)16-34-38(28)19-22)21-7-8-26(32-15-21)36-9-11-37(12-10-36)29(39)27(31)20-5-3-2-4-6-20/h2-8,13,15-19,27H,9-12,31H2,1H3. The van der Waals surface area contributed by atoms with Crippen molar-refractivity contribution >= 4 is 17.2 Å². The average molecular weight is 518 g/mol. The number of hydrogen-bond acceptors (Lipinski definition) is 7. The minimum absolute atomic E-state index is 0.0595. The van der Waals surface area contributed by atoms with E-state index in [9.17, 15) is 10.1 Å². The van der Waals surface area contributed by atoms with Crippen LogP contribution in [0.25, 0.3) is 27.8 Å². The maximum atomic E-state index is 12.9. The zero-order chi connectivity index (χ0) is 26.9. The van der Waals surface area contributed by atoms with Gasteiger partial charge in [0.2, 0.25) is 5.91 Å². The molecule has 0 aliphatic carbocycles. The van der Waals surface area contributed by atoms with Gasteiger partial charge in [-0.1, -0.05) is 30.3 Å². The summed E-state index contributed by atoms with van der Waals surface area (Å²) in [6.07, 6.45) is 9.06. The zero-order valence-electron chi connectivity index (χ0n) is 21.5. The minimum Gasteiger partial charge on any atom is -0.353 e. The van der Waals surface area contributed by atoms with Crippen molar-refractivity contribution in [2.24, 2.45) is 12.8 Å². The summed E-state index contributed by atoms with van der Waals surface area (Å²) in [6.45, 7) is 2.50. The number of nitriles is 1. The van der Waals surface area contributed by atoms with Gasteiger partial charge in [0.05, 0.1) is 23.5 Å². The molecule has 0 bridgehead atoms. The van der Waals surface area contributed by atoms with Crippen molar-refractivity contribution < 1.29 is 4.79 Å². The van der Waals surface area contributed by atoms with Crippen LogP contribution in [-0.2, 0) is 11.8 Å². The predicted molar refractivity (Wildman–Crippen MR) is 148 cm³/mol. The summed E-state index contributed by atoms with van der Waals surface area (Å²) in [4.78, 5) is 21.7. The van der Waals surface area contributed by atoms with Crippen LogP contribution in [0.4, 0.5) is 5.82 Å². The lowest BCUT2D eigenvalue weighted by molar-refractivity contribution is -0.133. The first-order chi connectivity index (χ1) is 19.0. The molecule has 39 heavy (non-hydrogen) atoms. The van der Waals surface area contributed by atoms with Crippen molar-refractivity contribution in [1.29, 1.82) is 5.26 Å². The number of nitrogens with zero attached hydrogens (tertiary/aromatic N) is 8. The van der Waals surface area contributed by atoms with Gasteiger partial charge >= 0.3 is 0 Å². The molecular formula is C29H27N9O. The van der Waals surface area contributed by atoms with E-state index >= 15 is 0 Å². The van der Waals surface area contributed by atoms with Crippen molar-refractivity contribution in [2.75, 3.05) is 31.1 Å². The van der Waals surface area contributed by atoms with E-state index in [2.05, 4.69) is 21.2 Å². The molecule has 10 nitrogen and oxygen atoms in total. The topological polar surface area (TPSA) is 121 Å². The van der Waals surface area contributed by atoms with E-state index in [1.54, 1.807) is 21.6 Å². The number of benzene rings is 1. The number of amides is 1. The van der Waals surface area contributed by atoms with Gasteiger partial charge in [0.15, 0.2) is 0 Å². The van der Waals surface area contributed by atoms with Crippen LogP contribution >= 0.6 is 0 Å². The first kappa shape index (κ1) is 24.3. The normalized spacial score (nSPS) is 14.4. The summed E-state index contributed by atoms with van der Waals surface area (Å²) in [5.74, 6) is 0.780. The number of aryl methyl sites for hydroxylation is 1. The molecule has 1 aliphatic rings. The van der Waals surface area contributed by atoms with E-state index in [0.29, 0.717) is 31.7 Å².